The number of nitrogens with one attached hydrogen (secondary N) is 1. The average molecular weight is 300 g/mol. The number of hydrogen-bond acceptors (Lipinski definition) is 3. The van der Waals surface area contributed by atoms with Crippen molar-refractivity contribution in [3.05, 3.63) is 22.2 Å². The van der Waals surface area contributed by atoms with E-state index in [4.69, 9.17) is 9.47 Å². The van der Waals surface area contributed by atoms with Gasteiger partial charge in [0.25, 0.3) is 0 Å². The van der Waals surface area contributed by atoms with Gasteiger partial charge in [-0.2, -0.15) is 0 Å². The van der Waals surface area contributed by atoms with Crippen molar-refractivity contribution in [2.24, 2.45) is 0 Å². The second kappa shape index (κ2) is 5.74. The first-order valence-electron chi connectivity index (χ1n) is 5.89. The highest BCUT2D eigenvalue weighted by molar-refractivity contribution is 9.10. The van der Waals surface area contributed by atoms with E-state index in [9.17, 15) is 0 Å². The number of piperidine rings is 1. The number of benzene rings is 1. The van der Waals surface area contributed by atoms with Crippen LogP contribution in [0.25, 0.3) is 0 Å². The lowest BCUT2D eigenvalue weighted by Gasteiger charge is -2.26. The molecule has 1 fully saturated rings. The number of methoxy groups -OCH3 is 2. The van der Waals surface area contributed by atoms with Crippen LogP contribution in [-0.2, 0) is 0 Å². The van der Waals surface area contributed by atoms with E-state index in [1.807, 2.05) is 12.1 Å². The molecule has 2 rings (SSSR count). The minimum absolute atomic E-state index is 0.489. The van der Waals surface area contributed by atoms with E-state index < -0.39 is 0 Å². The fourth-order valence-electron chi connectivity index (χ4n) is 2.41. The van der Waals surface area contributed by atoms with E-state index in [1.165, 1.54) is 18.4 Å². The van der Waals surface area contributed by atoms with Crippen LogP contribution in [0, 0.1) is 0 Å². The zero-order valence-electron chi connectivity index (χ0n) is 10.3. The molecule has 1 aromatic carbocycles. The number of halogens is 1. The Hall–Kier alpha value is -0.740. The molecule has 0 amide bonds. The van der Waals surface area contributed by atoms with Crippen LogP contribution in [0.15, 0.2) is 16.6 Å². The molecule has 1 heterocycles. The third-order valence-electron chi connectivity index (χ3n) is 3.24. The van der Waals surface area contributed by atoms with Crippen LogP contribution in [0.3, 0.4) is 0 Å². The van der Waals surface area contributed by atoms with Crippen molar-refractivity contribution in [2.45, 2.75) is 18.8 Å². The maximum Gasteiger partial charge on any atom is 0.165 e. The molecule has 1 aliphatic rings. The van der Waals surface area contributed by atoms with E-state index >= 15 is 0 Å². The minimum Gasteiger partial charge on any atom is -0.493 e. The molecule has 17 heavy (non-hydrogen) atoms. The number of hydrogen-bond donors (Lipinski definition) is 1. The van der Waals surface area contributed by atoms with E-state index in [-0.39, 0.29) is 0 Å². The van der Waals surface area contributed by atoms with E-state index in [0.717, 1.165) is 29.1 Å². The van der Waals surface area contributed by atoms with Gasteiger partial charge in [0, 0.05) is 22.5 Å². The zero-order chi connectivity index (χ0) is 12.3. The standard InChI is InChI=1S/C13H18BrNO2/c1-16-11-6-5-10(14)12(13(11)17-2)9-4-3-7-15-8-9/h5-6,9,15H,3-4,7-8H2,1-2H3. The maximum atomic E-state index is 5.52. The summed E-state index contributed by atoms with van der Waals surface area (Å²) in [7, 11) is 3.37. The fourth-order valence-corrected chi connectivity index (χ4v) is 3.04. The molecule has 1 aromatic rings. The Labute approximate surface area is 111 Å². The lowest BCUT2D eigenvalue weighted by atomic mass is 9.91. The van der Waals surface area contributed by atoms with Crippen molar-refractivity contribution in [3.8, 4) is 11.5 Å². The van der Waals surface area contributed by atoms with Gasteiger partial charge >= 0.3 is 0 Å². The maximum absolute atomic E-state index is 5.52. The van der Waals surface area contributed by atoms with Gasteiger partial charge in [-0.25, -0.2) is 0 Å². The molecule has 0 aliphatic carbocycles. The summed E-state index contributed by atoms with van der Waals surface area (Å²) in [6.45, 7) is 2.11. The van der Waals surface area contributed by atoms with Crippen LogP contribution in [0.1, 0.15) is 24.3 Å². The Kier molecular flexibility index (Phi) is 4.29. The fraction of sp³-hybridized carbons (Fsp3) is 0.538. The van der Waals surface area contributed by atoms with Gasteiger partial charge in [0.2, 0.25) is 0 Å². The lowest BCUT2D eigenvalue weighted by Crippen LogP contribution is -2.28. The molecule has 1 saturated heterocycles. The zero-order valence-corrected chi connectivity index (χ0v) is 11.8. The monoisotopic (exact) mass is 299 g/mol. The molecule has 0 radical (unpaired) electrons. The van der Waals surface area contributed by atoms with Gasteiger partial charge in [-0.05, 0) is 31.5 Å². The Bertz CT molecular complexity index is 389. The quantitative estimate of drug-likeness (QED) is 0.931. The van der Waals surface area contributed by atoms with Crippen molar-refractivity contribution >= 4 is 15.9 Å². The highest BCUT2D eigenvalue weighted by Gasteiger charge is 2.23. The van der Waals surface area contributed by atoms with Crippen molar-refractivity contribution in [1.82, 2.24) is 5.32 Å². The van der Waals surface area contributed by atoms with Gasteiger partial charge in [-0.1, -0.05) is 15.9 Å². The Morgan fingerprint density at radius 1 is 1.29 bits per heavy atom. The van der Waals surface area contributed by atoms with Gasteiger partial charge in [-0.15, -0.1) is 0 Å². The molecule has 3 nitrogen and oxygen atoms in total. The smallest absolute Gasteiger partial charge is 0.165 e. The van der Waals surface area contributed by atoms with Crippen LogP contribution in [0.2, 0.25) is 0 Å². The second-order valence-electron chi connectivity index (χ2n) is 4.24. The molecular formula is C13H18BrNO2. The van der Waals surface area contributed by atoms with Crippen LogP contribution in [0.4, 0.5) is 0 Å². The molecule has 0 bridgehead atoms. The molecule has 0 spiro atoms. The third-order valence-corrected chi connectivity index (χ3v) is 3.93. The molecule has 1 aliphatic heterocycles. The Morgan fingerprint density at radius 2 is 2.12 bits per heavy atom. The minimum atomic E-state index is 0.489. The van der Waals surface area contributed by atoms with Crippen molar-refractivity contribution in [2.75, 3.05) is 27.3 Å². The van der Waals surface area contributed by atoms with Gasteiger partial charge in [0.1, 0.15) is 0 Å². The second-order valence-corrected chi connectivity index (χ2v) is 5.09. The van der Waals surface area contributed by atoms with Crippen molar-refractivity contribution < 1.29 is 9.47 Å². The predicted octanol–water partition coefficient (Wildman–Crippen LogP) is 2.93. The van der Waals surface area contributed by atoms with Crippen LogP contribution >= 0.6 is 15.9 Å². The molecule has 1 atom stereocenters. The van der Waals surface area contributed by atoms with E-state index in [0.29, 0.717) is 5.92 Å². The summed E-state index contributed by atoms with van der Waals surface area (Å²) in [6, 6.07) is 3.97. The van der Waals surface area contributed by atoms with E-state index in [1.54, 1.807) is 14.2 Å². The van der Waals surface area contributed by atoms with Gasteiger partial charge in [-0.3, -0.25) is 0 Å². The average Bonchev–Trinajstić information content (AvgIpc) is 2.39. The predicted molar refractivity (Wildman–Crippen MR) is 72.1 cm³/mol. The summed E-state index contributed by atoms with van der Waals surface area (Å²) in [5.74, 6) is 2.15. The lowest BCUT2D eigenvalue weighted by molar-refractivity contribution is 0.344. The summed E-state index contributed by atoms with van der Waals surface area (Å²) < 4.78 is 12.0. The largest absolute Gasteiger partial charge is 0.493 e. The van der Waals surface area contributed by atoms with Gasteiger partial charge < -0.3 is 14.8 Å². The molecule has 94 valence electrons. The molecule has 0 aromatic heterocycles. The SMILES string of the molecule is COc1ccc(Br)c(C2CCCNC2)c1OC. The van der Waals surface area contributed by atoms with Crippen LogP contribution in [0.5, 0.6) is 11.5 Å². The summed E-state index contributed by atoms with van der Waals surface area (Å²) in [6.07, 6.45) is 2.40. The van der Waals surface area contributed by atoms with Gasteiger partial charge in [0.05, 0.1) is 14.2 Å². The normalized spacial score (nSPS) is 20.1. The first kappa shape index (κ1) is 12.7. The third kappa shape index (κ3) is 2.58. The molecule has 0 saturated carbocycles. The molecule has 1 unspecified atom stereocenters. The van der Waals surface area contributed by atoms with Crippen LogP contribution in [-0.4, -0.2) is 27.3 Å². The highest BCUT2D eigenvalue weighted by Crippen LogP contribution is 2.42. The Balaban J connectivity index is 2.41. The molecule has 1 N–H and O–H groups in total. The highest BCUT2D eigenvalue weighted by atomic mass is 79.9. The summed E-state index contributed by atoms with van der Waals surface area (Å²) >= 11 is 3.62. The van der Waals surface area contributed by atoms with E-state index in [2.05, 4.69) is 21.2 Å². The molecular weight excluding hydrogens is 282 g/mol. The number of ether oxygens (including phenoxy) is 2. The van der Waals surface area contributed by atoms with Crippen molar-refractivity contribution in [3.63, 3.8) is 0 Å². The topological polar surface area (TPSA) is 30.5 Å². The van der Waals surface area contributed by atoms with Gasteiger partial charge in [0.15, 0.2) is 11.5 Å². The van der Waals surface area contributed by atoms with Crippen molar-refractivity contribution in [1.29, 1.82) is 0 Å². The Morgan fingerprint density at radius 3 is 2.71 bits per heavy atom. The molecule has 4 heteroatoms. The summed E-state index contributed by atoms with van der Waals surface area (Å²) in [4.78, 5) is 0. The van der Waals surface area contributed by atoms with Crippen LogP contribution < -0.4 is 14.8 Å². The first-order valence-corrected chi connectivity index (χ1v) is 6.68. The summed E-state index contributed by atoms with van der Waals surface area (Å²) in [5.41, 5.74) is 1.22. The first-order chi connectivity index (χ1) is 8.27. The summed E-state index contributed by atoms with van der Waals surface area (Å²) in [5, 5.41) is 3.43. The number of rotatable bonds is 3.